The smallest absolute Gasteiger partial charge is 0.322 e. The minimum Gasteiger partial charge on any atom is -0.354 e. The van der Waals surface area contributed by atoms with E-state index in [-0.39, 0.29) is 23.8 Å². The standard InChI is InChI=1S/C47H52N10O7/c1-29(2)43(53-40(58)28-56-41(59)16-17-42(56)60)45(62)51-30(3)44(61)50-19-6-4-5-7-22-57-46(63)37(33-11-10-31-9-8-20-49-38(31)23-33)24-39(54-57)32-12-14-36(15-13-32)52-47(64)55-26-34-18-21-48-25-35(34)27-55/h8-18,20-21,23,25,29-30,37,43H,4-7,19,22,24,26-28H2,1-3H3,(H,50,61)(H,51,62)(H,52,64)(H,53,58). The number of rotatable bonds is 17. The second-order valence-electron chi connectivity index (χ2n) is 16.5. The monoisotopic (exact) mass is 868 g/mol. The van der Waals surface area contributed by atoms with Gasteiger partial charge in [0.05, 0.1) is 17.1 Å². The van der Waals surface area contributed by atoms with Crippen molar-refractivity contribution in [3.63, 3.8) is 0 Å². The number of pyridine rings is 2. The summed E-state index contributed by atoms with van der Waals surface area (Å²) in [5.74, 6) is -3.74. The second kappa shape index (κ2) is 20.3. The lowest BCUT2D eigenvalue weighted by Gasteiger charge is -2.30. The highest BCUT2D eigenvalue weighted by Gasteiger charge is 2.34. The van der Waals surface area contributed by atoms with Crippen molar-refractivity contribution >= 4 is 63.8 Å². The van der Waals surface area contributed by atoms with Gasteiger partial charge in [0.1, 0.15) is 18.6 Å². The van der Waals surface area contributed by atoms with Crippen LogP contribution in [-0.2, 0) is 41.9 Å². The molecule has 17 nitrogen and oxygen atoms in total. The van der Waals surface area contributed by atoms with Crippen LogP contribution in [0.15, 0.2) is 96.5 Å². The lowest BCUT2D eigenvalue weighted by molar-refractivity contribution is -0.141. The highest BCUT2D eigenvalue weighted by Crippen LogP contribution is 2.32. The van der Waals surface area contributed by atoms with Gasteiger partial charge in [-0.3, -0.25) is 43.6 Å². The fraction of sp³-hybridized carbons (Fsp3) is 0.362. The number of nitrogens with one attached hydrogen (secondary N) is 4. The summed E-state index contributed by atoms with van der Waals surface area (Å²) in [6.45, 7) is 6.28. The van der Waals surface area contributed by atoms with Crippen molar-refractivity contribution in [2.24, 2.45) is 11.0 Å². The quantitative estimate of drug-likeness (QED) is 0.0885. The number of hydrazone groups is 1. The zero-order chi connectivity index (χ0) is 45.3. The Morgan fingerprint density at radius 3 is 2.31 bits per heavy atom. The normalized spacial score (nSPS) is 16.8. The number of aromatic nitrogens is 2. The fourth-order valence-electron chi connectivity index (χ4n) is 7.86. The number of carbonyl (C=O) groups is 7. The van der Waals surface area contributed by atoms with Gasteiger partial charge in [-0.15, -0.1) is 0 Å². The average molecular weight is 869 g/mol. The molecule has 0 saturated heterocycles. The molecule has 3 unspecified atom stereocenters. The summed E-state index contributed by atoms with van der Waals surface area (Å²) >= 11 is 0. The molecule has 4 N–H and O–H groups in total. The maximum absolute atomic E-state index is 14.0. The van der Waals surface area contributed by atoms with Crippen molar-refractivity contribution in [3.8, 4) is 0 Å². The lowest BCUT2D eigenvalue weighted by atomic mass is 9.88. The number of unbranched alkanes of at least 4 members (excludes halogenated alkanes) is 3. The molecule has 0 aliphatic carbocycles. The molecule has 2 aromatic heterocycles. The summed E-state index contributed by atoms with van der Waals surface area (Å²) < 4.78 is 0. The molecule has 7 rings (SSSR count). The Balaban J connectivity index is 0.897. The first-order valence-electron chi connectivity index (χ1n) is 21.6. The van der Waals surface area contributed by atoms with Crippen LogP contribution >= 0.6 is 0 Å². The minimum atomic E-state index is -0.992. The first-order valence-corrected chi connectivity index (χ1v) is 21.6. The molecule has 2 aromatic carbocycles. The topological polar surface area (TPSA) is 215 Å². The van der Waals surface area contributed by atoms with Gasteiger partial charge in [-0.25, -0.2) is 9.80 Å². The zero-order valence-electron chi connectivity index (χ0n) is 36.1. The summed E-state index contributed by atoms with van der Waals surface area (Å²) in [5, 5.41) is 18.4. The van der Waals surface area contributed by atoms with Gasteiger partial charge in [-0.05, 0) is 78.3 Å². The number of amides is 8. The van der Waals surface area contributed by atoms with Crippen LogP contribution in [0.4, 0.5) is 10.5 Å². The number of benzene rings is 2. The molecule has 3 aliphatic rings. The van der Waals surface area contributed by atoms with Crippen LogP contribution in [0.5, 0.6) is 0 Å². The summed E-state index contributed by atoms with van der Waals surface area (Å²) in [6.07, 6.45) is 10.7. The van der Waals surface area contributed by atoms with Gasteiger partial charge in [0.2, 0.25) is 17.7 Å². The Kier molecular flexibility index (Phi) is 14.2. The number of carbonyl (C=O) groups excluding carboxylic acids is 7. The summed E-state index contributed by atoms with van der Waals surface area (Å²) in [7, 11) is 0. The van der Waals surface area contributed by atoms with E-state index in [0.29, 0.717) is 51.1 Å². The highest BCUT2D eigenvalue weighted by atomic mass is 16.2. The first-order chi connectivity index (χ1) is 30.8. The number of imide groups is 1. The predicted octanol–water partition coefficient (Wildman–Crippen LogP) is 4.14. The van der Waals surface area contributed by atoms with E-state index in [1.54, 1.807) is 49.3 Å². The van der Waals surface area contributed by atoms with Gasteiger partial charge in [0.15, 0.2) is 0 Å². The number of hydrogen-bond donors (Lipinski definition) is 4. The second-order valence-corrected chi connectivity index (χ2v) is 16.5. The molecule has 0 saturated carbocycles. The van der Waals surface area contributed by atoms with Gasteiger partial charge in [-0.1, -0.05) is 57.0 Å². The lowest BCUT2D eigenvalue weighted by Crippen LogP contribution is -2.56. The Bertz CT molecular complexity index is 2460. The number of urea groups is 1. The molecular weight excluding hydrogens is 817 g/mol. The Morgan fingerprint density at radius 1 is 0.812 bits per heavy atom. The molecule has 4 aromatic rings. The largest absolute Gasteiger partial charge is 0.354 e. The molecule has 3 atom stereocenters. The van der Waals surface area contributed by atoms with Crippen LogP contribution in [-0.4, -0.2) is 104 Å². The molecule has 64 heavy (non-hydrogen) atoms. The van der Waals surface area contributed by atoms with E-state index >= 15 is 0 Å². The van der Waals surface area contributed by atoms with Crippen molar-refractivity contribution in [2.45, 2.75) is 84.0 Å². The van der Waals surface area contributed by atoms with E-state index in [4.69, 9.17) is 5.10 Å². The van der Waals surface area contributed by atoms with Gasteiger partial charge >= 0.3 is 6.03 Å². The van der Waals surface area contributed by atoms with Crippen LogP contribution in [0.3, 0.4) is 0 Å². The van der Waals surface area contributed by atoms with E-state index in [0.717, 1.165) is 68.8 Å². The molecule has 8 amide bonds. The third kappa shape index (κ3) is 10.8. The molecule has 17 heteroatoms. The van der Waals surface area contributed by atoms with E-state index in [2.05, 4.69) is 31.2 Å². The summed E-state index contributed by atoms with van der Waals surface area (Å²) in [4.78, 5) is 101. The molecule has 0 spiro atoms. The average Bonchev–Trinajstić information content (AvgIpc) is 3.87. The molecule has 5 heterocycles. The van der Waals surface area contributed by atoms with Gasteiger partial charge in [0, 0.05) is 74.4 Å². The van der Waals surface area contributed by atoms with Crippen LogP contribution in [0.2, 0.25) is 0 Å². The number of hydrogen-bond acceptors (Lipinski definition) is 10. The third-order valence-corrected chi connectivity index (χ3v) is 11.5. The van der Waals surface area contributed by atoms with Crippen molar-refractivity contribution in [1.29, 1.82) is 0 Å². The van der Waals surface area contributed by atoms with Crippen LogP contribution in [0.25, 0.3) is 10.9 Å². The number of fused-ring (bicyclic) bond motifs is 2. The summed E-state index contributed by atoms with van der Waals surface area (Å²) in [5.41, 5.74) is 6.03. The Hall–Kier alpha value is -7.30. The molecule has 0 fully saturated rings. The maximum atomic E-state index is 14.0. The summed E-state index contributed by atoms with van der Waals surface area (Å²) in [6, 6.07) is 17.1. The molecule has 3 aliphatic heterocycles. The maximum Gasteiger partial charge on any atom is 0.322 e. The van der Waals surface area contributed by atoms with Crippen molar-refractivity contribution in [3.05, 3.63) is 114 Å². The van der Waals surface area contributed by atoms with Crippen LogP contribution in [0.1, 0.15) is 81.0 Å². The van der Waals surface area contributed by atoms with Gasteiger partial charge < -0.3 is 26.2 Å². The third-order valence-electron chi connectivity index (χ3n) is 11.5. The zero-order valence-corrected chi connectivity index (χ0v) is 36.1. The van der Waals surface area contributed by atoms with E-state index in [1.165, 1.54) is 0 Å². The Morgan fingerprint density at radius 2 is 1.56 bits per heavy atom. The molecular formula is C47H52N10O7. The number of nitrogens with zero attached hydrogens (tertiary/aromatic N) is 6. The fourth-order valence-corrected chi connectivity index (χ4v) is 7.86. The van der Waals surface area contributed by atoms with Crippen molar-refractivity contribution in [2.75, 3.05) is 25.0 Å². The van der Waals surface area contributed by atoms with E-state index in [9.17, 15) is 33.6 Å². The molecule has 0 bridgehead atoms. The molecule has 332 valence electrons. The predicted molar refractivity (Wildman–Crippen MR) is 238 cm³/mol. The van der Waals surface area contributed by atoms with Crippen LogP contribution in [0, 0.1) is 5.92 Å². The van der Waals surface area contributed by atoms with E-state index in [1.807, 2.05) is 60.7 Å². The van der Waals surface area contributed by atoms with Gasteiger partial charge in [0.25, 0.3) is 17.7 Å². The van der Waals surface area contributed by atoms with Crippen molar-refractivity contribution in [1.82, 2.24) is 40.7 Å². The number of anilines is 1. The molecule has 0 radical (unpaired) electrons. The van der Waals surface area contributed by atoms with Gasteiger partial charge in [-0.2, -0.15) is 5.10 Å². The Labute approximate surface area is 370 Å². The van der Waals surface area contributed by atoms with Crippen LogP contribution < -0.4 is 21.3 Å². The SMILES string of the molecule is CC(NC(=O)C(NC(=O)CN1C(=O)C=CC1=O)C(C)C)C(=O)NCCCCCCN1N=C(c2ccc(NC(=O)N3Cc4ccncc4C3)cc2)CC(c2ccc3cccnc3c2)C1=O. The van der Waals surface area contributed by atoms with Crippen molar-refractivity contribution < 1.29 is 33.6 Å². The minimum absolute atomic E-state index is 0.0959. The highest BCUT2D eigenvalue weighted by molar-refractivity contribution is 6.14. The first kappa shape index (κ1) is 44.7. The van der Waals surface area contributed by atoms with E-state index < -0.39 is 48.2 Å².